The van der Waals surface area contributed by atoms with Gasteiger partial charge in [-0.2, -0.15) is 0 Å². The van der Waals surface area contributed by atoms with E-state index >= 15 is 0 Å². The first kappa shape index (κ1) is 16.7. The van der Waals surface area contributed by atoms with Crippen LogP contribution in [0.25, 0.3) is 23.5 Å². The van der Waals surface area contributed by atoms with Gasteiger partial charge in [0.15, 0.2) is 5.60 Å². The Labute approximate surface area is 150 Å². The maximum absolute atomic E-state index is 13.0. The van der Waals surface area contributed by atoms with Crippen LogP contribution in [-0.2, 0) is 28.3 Å². The molecule has 1 N–H and O–H groups in total. The average molecular weight is 352 g/mol. The van der Waals surface area contributed by atoms with Crippen LogP contribution in [-0.4, -0.2) is 20.6 Å². The lowest BCUT2D eigenvalue weighted by atomic mass is 9.86. The molecular weight excluding hydrogens is 332 g/mol. The average Bonchev–Trinajstić information content (AvgIpc) is 3.02. The highest BCUT2D eigenvalue weighted by Gasteiger charge is 2.45. The van der Waals surface area contributed by atoms with E-state index in [1.807, 2.05) is 32.1 Å². The molecule has 26 heavy (non-hydrogen) atoms. The molecule has 0 saturated carbocycles. The Kier molecular flexibility index (Phi) is 3.63. The zero-order chi connectivity index (χ0) is 18.6. The Morgan fingerprint density at radius 3 is 2.73 bits per heavy atom. The van der Waals surface area contributed by atoms with Crippen molar-refractivity contribution in [2.24, 2.45) is 0 Å². The molecule has 4 heterocycles. The molecule has 0 aliphatic carbocycles. The van der Waals surface area contributed by atoms with E-state index in [2.05, 4.69) is 0 Å². The van der Waals surface area contributed by atoms with Gasteiger partial charge in [-0.15, -0.1) is 0 Å². The van der Waals surface area contributed by atoms with Gasteiger partial charge in [-0.25, -0.2) is 9.78 Å². The quantitative estimate of drug-likeness (QED) is 0.646. The smallest absolute Gasteiger partial charge is 0.343 e. The summed E-state index contributed by atoms with van der Waals surface area (Å²) in [4.78, 5) is 29.9. The number of hydrogen-bond acceptors (Lipinski definition) is 5. The lowest BCUT2D eigenvalue weighted by molar-refractivity contribution is -0.172. The molecule has 2 aliphatic rings. The summed E-state index contributed by atoms with van der Waals surface area (Å²) in [5, 5.41) is 12.7. The van der Waals surface area contributed by atoms with E-state index in [0.29, 0.717) is 23.4 Å². The van der Waals surface area contributed by atoms with Crippen LogP contribution in [0.5, 0.6) is 0 Å². The summed E-state index contributed by atoms with van der Waals surface area (Å²) in [6.45, 7) is 5.88. The number of esters is 1. The molecule has 0 aromatic carbocycles. The largest absolute Gasteiger partial charge is 0.458 e. The Morgan fingerprint density at radius 2 is 2.08 bits per heavy atom. The monoisotopic (exact) mass is 352 g/mol. The van der Waals surface area contributed by atoms with Gasteiger partial charge in [0, 0.05) is 11.1 Å². The van der Waals surface area contributed by atoms with Crippen LogP contribution >= 0.6 is 0 Å². The molecule has 1 atom stereocenters. The summed E-state index contributed by atoms with van der Waals surface area (Å²) in [6.07, 6.45) is 4.05. The Balaban J connectivity index is 2.05. The molecule has 0 saturated heterocycles. The van der Waals surface area contributed by atoms with Gasteiger partial charge < -0.3 is 14.4 Å². The van der Waals surface area contributed by atoms with Crippen LogP contribution in [0.4, 0.5) is 0 Å². The molecule has 2 aromatic heterocycles. The Morgan fingerprint density at radius 1 is 1.31 bits per heavy atom. The van der Waals surface area contributed by atoms with Crippen LogP contribution in [0, 0.1) is 0 Å². The van der Waals surface area contributed by atoms with Crippen molar-refractivity contribution in [1.82, 2.24) is 9.55 Å². The molecule has 6 nitrogen and oxygen atoms in total. The minimum atomic E-state index is -1.79. The van der Waals surface area contributed by atoms with Gasteiger partial charge in [0.05, 0.1) is 28.8 Å². The molecule has 0 bridgehead atoms. The highest BCUT2D eigenvalue weighted by atomic mass is 16.6. The van der Waals surface area contributed by atoms with Gasteiger partial charge in [0.1, 0.15) is 6.61 Å². The first-order valence-electron chi connectivity index (χ1n) is 8.74. The van der Waals surface area contributed by atoms with Gasteiger partial charge in [0.2, 0.25) is 0 Å². The third kappa shape index (κ3) is 2.05. The van der Waals surface area contributed by atoms with Crippen molar-refractivity contribution in [3.63, 3.8) is 0 Å². The van der Waals surface area contributed by atoms with E-state index < -0.39 is 11.6 Å². The molecule has 2 aromatic rings. The fourth-order valence-corrected chi connectivity index (χ4v) is 3.81. The number of aliphatic hydroxyl groups is 1. The predicted molar refractivity (Wildman–Crippen MR) is 96.5 cm³/mol. The normalized spacial score (nSPS) is 22.1. The molecule has 0 fully saturated rings. The van der Waals surface area contributed by atoms with Crippen molar-refractivity contribution in [3.05, 3.63) is 49.7 Å². The number of carbonyl (C=O) groups excluding carboxylic acids is 1. The van der Waals surface area contributed by atoms with Crippen molar-refractivity contribution >= 4 is 18.1 Å². The SMILES string of the molecule is CC=c1cc2c(nc1=CC)-c1cc3c(c(=O)n1C2)COC(=O)C3(O)CC. The summed E-state index contributed by atoms with van der Waals surface area (Å²) in [7, 11) is 0. The lowest BCUT2D eigenvalue weighted by Gasteiger charge is -2.31. The first-order valence-corrected chi connectivity index (χ1v) is 8.74. The lowest BCUT2D eigenvalue weighted by Crippen LogP contribution is -2.44. The number of aromatic nitrogens is 2. The highest BCUT2D eigenvalue weighted by Crippen LogP contribution is 2.37. The van der Waals surface area contributed by atoms with Crippen molar-refractivity contribution in [2.45, 2.75) is 45.9 Å². The van der Waals surface area contributed by atoms with Gasteiger partial charge in [-0.1, -0.05) is 19.1 Å². The summed E-state index contributed by atoms with van der Waals surface area (Å²) < 4.78 is 6.72. The third-order valence-electron chi connectivity index (χ3n) is 5.36. The van der Waals surface area contributed by atoms with Crippen molar-refractivity contribution in [3.8, 4) is 11.4 Å². The Bertz CT molecular complexity index is 1130. The predicted octanol–water partition coefficient (Wildman–Crippen LogP) is 0.527. The summed E-state index contributed by atoms with van der Waals surface area (Å²) >= 11 is 0. The van der Waals surface area contributed by atoms with E-state index in [1.54, 1.807) is 17.6 Å². The van der Waals surface area contributed by atoms with Crippen LogP contribution < -0.4 is 16.1 Å². The second-order valence-corrected chi connectivity index (χ2v) is 6.65. The van der Waals surface area contributed by atoms with Gasteiger partial charge in [0.25, 0.3) is 5.56 Å². The highest BCUT2D eigenvalue weighted by molar-refractivity contribution is 5.84. The standard InChI is InChI=1S/C20H20N2O4/c1-4-11-7-12-9-22-16(17(12)21-15(11)5-2)8-14-13(18(22)23)10-26-19(24)20(14,25)6-3/h4-5,7-8,25H,6,9-10H2,1-3H3. The molecule has 4 rings (SSSR count). The van der Waals surface area contributed by atoms with Crippen LogP contribution in [0.2, 0.25) is 0 Å². The fourth-order valence-electron chi connectivity index (χ4n) is 3.81. The molecule has 6 heteroatoms. The van der Waals surface area contributed by atoms with Gasteiger partial charge in [-0.3, -0.25) is 4.79 Å². The molecule has 134 valence electrons. The van der Waals surface area contributed by atoms with Crippen LogP contribution in [0.3, 0.4) is 0 Å². The number of nitrogens with zero attached hydrogens (tertiary/aromatic N) is 2. The second-order valence-electron chi connectivity index (χ2n) is 6.65. The number of ether oxygens (including phenoxy) is 1. The number of fused-ring (bicyclic) bond motifs is 4. The van der Waals surface area contributed by atoms with Gasteiger partial charge >= 0.3 is 5.97 Å². The second kappa shape index (κ2) is 5.64. The van der Waals surface area contributed by atoms with Crippen molar-refractivity contribution < 1.29 is 14.6 Å². The summed E-state index contributed by atoms with van der Waals surface area (Å²) in [5.41, 5.74) is 0.971. The maximum Gasteiger partial charge on any atom is 0.343 e. The van der Waals surface area contributed by atoms with E-state index in [0.717, 1.165) is 21.8 Å². The summed E-state index contributed by atoms with van der Waals surface area (Å²) in [5.74, 6) is -0.707. The van der Waals surface area contributed by atoms with Crippen LogP contribution in [0.15, 0.2) is 16.9 Å². The van der Waals surface area contributed by atoms with E-state index in [9.17, 15) is 14.7 Å². The molecule has 2 aliphatic heterocycles. The van der Waals surface area contributed by atoms with Crippen molar-refractivity contribution in [1.29, 1.82) is 0 Å². The molecular formula is C20H20N2O4. The molecule has 0 amide bonds. The number of cyclic esters (lactones) is 1. The first-order chi connectivity index (χ1) is 12.4. The van der Waals surface area contributed by atoms with E-state index in [4.69, 9.17) is 9.72 Å². The number of hydrogen-bond donors (Lipinski definition) is 1. The zero-order valence-electron chi connectivity index (χ0n) is 15.0. The minimum absolute atomic E-state index is 0.110. The number of rotatable bonds is 1. The third-order valence-corrected chi connectivity index (χ3v) is 5.36. The molecule has 0 spiro atoms. The van der Waals surface area contributed by atoms with E-state index in [-0.39, 0.29) is 18.6 Å². The van der Waals surface area contributed by atoms with E-state index in [1.165, 1.54) is 0 Å². The topological polar surface area (TPSA) is 81.4 Å². The fraction of sp³-hybridized carbons (Fsp3) is 0.350. The molecule has 1 unspecified atom stereocenters. The number of pyridine rings is 2. The molecule has 0 radical (unpaired) electrons. The zero-order valence-corrected chi connectivity index (χ0v) is 15.0. The van der Waals surface area contributed by atoms with Gasteiger partial charge in [-0.05, 0) is 37.6 Å². The number of carbonyl (C=O) groups is 1. The Hall–Kier alpha value is -2.73. The van der Waals surface area contributed by atoms with Crippen LogP contribution in [0.1, 0.15) is 43.9 Å². The maximum atomic E-state index is 13.0. The summed E-state index contributed by atoms with van der Waals surface area (Å²) in [6, 6.07) is 3.77. The minimum Gasteiger partial charge on any atom is -0.458 e. The van der Waals surface area contributed by atoms with Crippen molar-refractivity contribution in [2.75, 3.05) is 0 Å².